The van der Waals surface area contributed by atoms with Crippen LogP contribution in [-0.2, 0) is 11.2 Å². The molecule has 1 saturated heterocycles. The number of carbonyl (C=O) groups excluding carboxylic acids is 1. The van der Waals surface area contributed by atoms with Crippen molar-refractivity contribution in [1.82, 2.24) is 15.0 Å². The summed E-state index contributed by atoms with van der Waals surface area (Å²) in [5, 5.41) is 4.45. The minimum atomic E-state index is -0.358. The highest BCUT2D eigenvalue weighted by Gasteiger charge is 2.29. The van der Waals surface area contributed by atoms with Crippen molar-refractivity contribution >= 4 is 17.5 Å². The van der Waals surface area contributed by atoms with E-state index in [9.17, 15) is 9.18 Å². The number of piperidine rings is 1. The van der Waals surface area contributed by atoms with Crippen molar-refractivity contribution in [3.63, 3.8) is 0 Å². The SMILES string of the molecule is O=C(Cc1cc(Cl)c2c(c1)OCCCO2)N1CCCC(c2nc(-c3cccc(F)c3)no2)C1. The average molecular weight is 472 g/mol. The molecule has 0 radical (unpaired) electrons. The first kappa shape index (κ1) is 21.7. The van der Waals surface area contributed by atoms with E-state index in [1.54, 1.807) is 18.2 Å². The lowest BCUT2D eigenvalue weighted by atomic mass is 9.97. The number of fused-ring (bicyclic) bond motifs is 1. The summed E-state index contributed by atoms with van der Waals surface area (Å²) < 4.78 is 30.4. The molecule has 0 bridgehead atoms. The van der Waals surface area contributed by atoms with Gasteiger partial charge in [0.15, 0.2) is 11.5 Å². The van der Waals surface area contributed by atoms with Crippen LogP contribution in [0.4, 0.5) is 4.39 Å². The Hall–Kier alpha value is -3.13. The van der Waals surface area contributed by atoms with Gasteiger partial charge in [-0.15, -0.1) is 0 Å². The van der Waals surface area contributed by atoms with Gasteiger partial charge in [-0.05, 0) is 42.7 Å². The highest BCUT2D eigenvalue weighted by atomic mass is 35.5. The lowest BCUT2D eigenvalue weighted by molar-refractivity contribution is -0.131. The van der Waals surface area contributed by atoms with Gasteiger partial charge >= 0.3 is 0 Å². The summed E-state index contributed by atoms with van der Waals surface area (Å²) in [6, 6.07) is 9.66. The normalized spacial score (nSPS) is 18.1. The zero-order chi connectivity index (χ0) is 22.8. The molecule has 1 unspecified atom stereocenters. The minimum Gasteiger partial charge on any atom is -0.489 e. The second kappa shape index (κ2) is 9.39. The molecule has 0 aliphatic carbocycles. The molecule has 2 aliphatic rings. The molecule has 2 aliphatic heterocycles. The van der Waals surface area contributed by atoms with E-state index in [2.05, 4.69) is 10.1 Å². The molecular formula is C24H23ClFN3O4. The van der Waals surface area contributed by atoms with E-state index in [0.717, 1.165) is 24.8 Å². The molecule has 5 rings (SSSR count). The van der Waals surface area contributed by atoms with E-state index in [4.69, 9.17) is 25.6 Å². The summed E-state index contributed by atoms with van der Waals surface area (Å²) in [6.07, 6.45) is 2.66. The molecule has 1 fully saturated rings. The van der Waals surface area contributed by atoms with Gasteiger partial charge in [0.2, 0.25) is 17.6 Å². The third kappa shape index (κ3) is 4.80. The zero-order valence-electron chi connectivity index (χ0n) is 17.9. The van der Waals surface area contributed by atoms with Gasteiger partial charge in [0.05, 0.1) is 30.6 Å². The van der Waals surface area contributed by atoms with Crippen LogP contribution in [0.15, 0.2) is 40.9 Å². The fourth-order valence-electron chi connectivity index (χ4n) is 4.22. The summed E-state index contributed by atoms with van der Waals surface area (Å²) in [6.45, 7) is 2.26. The number of hydrogen-bond acceptors (Lipinski definition) is 6. The van der Waals surface area contributed by atoms with Crippen molar-refractivity contribution in [3.8, 4) is 22.9 Å². The van der Waals surface area contributed by atoms with Crippen molar-refractivity contribution < 1.29 is 23.2 Å². The van der Waals surface area contributed by atoms with Crippen LogP contribution in [0.1, 0.15) is 36.6 Å². The van der Waals surface area contributed by atoms with Crippen LogP contribution in [0.3, 0.4) is 0 Å². The minimum absolute atomic E-state index is 0.00451. The summed E-state index contributed by atoms with van der Waals surface area (Å²) in [4.78, 5) is 19.3. The highest BCUT2D eigenvalue weighted by molar-refractivity contribution is 6.32. The number of ether oxygens (including phenoxy) is 2. The lowest BCUT2D eigenvalue weighted by Gasteiger charge is -2.31. The van der Waals surface area contributed by atoms with Gasteiger partial charge in [-0.2, -0.15) is 4.98 Å². The molecule has 1 amide bonds. The van der Waals surface area contributed by atoms with Gasteiger partial charge in [0.25, 0.3) is 0 Å². The molecule has 0 N–H and O–H groups in total. The molecule has 1 aromatic heterocycles. The van der Waals surface area contributed by atoms with Crippen molar-refractivity contribution in [3.05, 3.63) is 58.7 Å². The Balaban J connectivity index is 1.27. The van der Waals surface area contributed by atoms with Crippen LogP contribution >= 0.6 is 11.6 Å². The standard InChI is InChI=1S/C24H23ClFN3O4/c25-19-10-15(11-20-22(19)32-9-3-8-31-20)12-21(30)29-7-2-5-17(14-29)24-27-23(28-33-24)16-4-1-6-18(26)13-16/h1,4,6,10-11,13,17H,2-3,5,7-9,12,14H2. The molecule has 7 nitrogen and oxygen atoms in total. The summed E-state index contributed by atoms with van der Waals surface area (Å²) >= 11 is 6.37. The van der Waals surface area contributed by atoms with Gasteiger partial charge in [0.1, 0.15) is 5.82 Å². The van der Waals surface area contributed by atoms with Gasteiger partial charge < -0.3 is 18.9 Å². The Morgan fingerprint density at radius 1 is 1.18 bits per heavy atom. The predicted octanol–water partition coefficient (Wildman–Crippen LogP) is 4.64. The second-order valence-corrected chi connectivity index (χ2v) is 8.68. The largest absolute Gasteiger partial charge is 0.489 e. The van der Waals surface area contributed by atoms with Crippen molar-refractivity contribution in [1.29, 1.82) is 0 Å². The molecule has 33 heavy (non-hydrogen) atoms. The molecule has 9 heteroatoms. The third-order valence-electron chi connectivity index (χ3n) is 5.87. The number of aromatic nitrogens is 2. The maximum absolute atomic E-state index is 13.5. The zero-order valence-corrected chi connectivity index (χ0v) is 18.7. The number of nitrogens with zero attached hydrogens (tertiary/aromatic N) is 3. The molecular weight excluding hydrogens is 449 g/mol. The molecule has 3 aromatic rings. The first-order valence-electron chi connectivity index (χ1n) is 11.0. The first-order chi connectivity index (χ1) is 16.1. The van der Waals surface area contributed by atoms with E-state index >= 15 is 0 Å². The Kier molecular flexibility index (Phi) is 6.17. The van der Waals surface area contributed by atoms with Crippen LogP contribution in [0.25, 0.3) is 11.4 Å². The number of rotatable bonds is 4. The Labute approximate surface area is 195 Å². The van der Waals surface area contributed by atoms with Crippen molar-refractivity contribution in [2.75, 3.05) is 26.3 Å². The number of carbonyl (C=O) groups is 1. The quantitative estimate of drug-likeness (QED) is 0.551. The second-order valence-electron chi connectivity index (χ2n) is 8.28. The summed E-state index contributed by atoms with van der Waals surface area (Å²) in [5.41, 5.74) is 1.34. The predicted molar refractivity (Wildman–Crippen MR) is 119 cm³/mol. The summed E-state index contributed by atoms with van der Waals surface area (Å²) in [7, 11) is 0. The third-order valence-corrected chi connectivity index (χ3v) is 6.15. The molecule has 0 saturated carbocycles. The van der Waals surface area contributed by atoms with Crippen LogP contribution in [-0.4, -0.2) is 47.3 Å². The molecule has 0 spiro atoms. The topological polar surface area (TPSA) is 77.7 Å². The van der Waals surface area contributed by atoms with Crippen LogP contribution in [0, 0.1) is 5.82 Å². The number of halogens is 2. The van der Waals surface area contributed by atoms with E-state index in [-0.39, 0.29) is 24.1 Å². The Morgan fingerprint density at radius 3 is 2.94 bits per heavy atom. The Morgan fingerprint density at radius 2 is 2.06 bits per heavy atom. The monoisotopic (exact) mass is 471 g/mol. The number of benzene rings is 2. The maximum Gasteiger partial charge on any atom is 0.231 e. The van der Waals surface area contributed by atoms with Crippen molar-refractivity contribution in [2.45, 2.75) is 31.6 Å². The number of amides is 1. The highest BCUT2D eigenvalue weighted by Crippen LogP contribution is 2.38. The van der Waals surface area contributed by atoms with E-state index in [1.165, 1.54) is 12.1 Å². The molecule has 1 atom stereocenters. The van der Waals surface area contributed by atoms with E-state index in [1.807, 2.05) is 11.0 Å². The summed E-state index contributed by atoms with van der Waals surface area (Å²) in [5.74, 6) is 1.49. The maximum atomic E-state index is 13.5. The van der Waals surface area contributed by atoms with Crippen LogP contribution in [0.2, 0.25) is 5.02 Å². The van der Waals surface area contributed by atoms with Crippen LogP contribution in [0.5, 0.6) is 11.5 Å². The van der Waals surface area contributed by atoms with Gasteiger partial charge in [-0.25, -0.2) is 4.39 Å². The van der Waals surface area contributed by atoms with Gasteiger partial charge in [0, 0.05) is 25.1 Å². The lowest BCUT2D eigenvalue weighted by Crippen LogP contribution is -2.40. The van der Waals surface area contributed by atoms with Gasteiger partial charge in [-0.1, -0.05) is 28.9 Å². The fraction of sp³-hybridized carbons (Fsp3) is 0.375. The molecule has 3 heterocycles. The van der Waals surface area contributed by atoms with Gasteiger partial charge in [-0.3, -0.25) is 4.79 Å². The van der Waals surface area contributed by atoms with Crippen LogP contribution < -0.4 is 9.47 Å². The Bertz CT molecular complexity index is 1170. The van der Waals surface area contributed by atoms with E-state index in [0.29, 0.717) is 60.1 Å². The average Bonchev–Trinajstić information content (AvgIpc) is 3.19. The smallest absolute Gasteiger partial charge is 0.231 e. The van der Waals surface area contributed by atoms with E-state index < -0.39 is 0 Å². The number of likely N-dealkylation sites (tertiary alicyclic amines) is 1. The fourth-order valence-corrected chi connectivity index (χ4v) is 4.51. The van der Waals surface area contributed by atoms with Crippen molar-refractivity contribution in [2.24, 2.45) is 0 Å². The number of hydrogen-bond donors (Lipinski definition) is 0. The first-order valence-corrected chi connectivity index (χ1v) is 11.4. The molecule has 172 valence electrons. The molecule has 2 aromatic carbocycles.